The average molecular weight is 308 g/mol. The summed E-state index contributed by atoms with van der Waals surface area (Å²) in [6.07, 6.45) is 14.3. The number of unbranched alkanes of at least 4 members (excludes halogenated alkanes) is 10. The van der Waals surface area contributed by atoms with Crippen LogP contribution in [0.5, 0.6) is 17.2 Å². The average Bonchev–Trinajstić information content (AvgIpc) is 2.52. The van der Waals surface area contributed by atoms with Crippen molar-refractivity contribution in [2.24, 2.45) is 0 Å². The van der Waals surface area contributed by atoms with Crippen molar-refractivity contribution < 1.29 is 14.9 Å². The molecular formula is C19H32O3. The fourth-order valence-electron chi connectivity index (χ4n) is 2.58. The first kappa shape index (κ1) is 18.7. The van der Waals surface area contributed by atoms with E-state index in [0.717, 1.165) is 12.8 Å². The summed E-state index contributed by atoms with van der Waals surface area (Å²) < 4.78 is 5.49. The SMILES string of the molecule is CCCCCCCCCCCCCOc1cccc(O)c1O. The maximum Gasteiger partial charge on any atom is 0.200 e. The number of aromatic hydroxyl groups is 2. The maximum atomic E-state index is 9.60. The molecule has 0 saturated carbocycles. The van der Waals surface area contributed by atoms with Gasteiger partial charge in [-0.15, -0.1) is 0 Å². The van der Waals surface area contributed by atoms with Crippen LogP contribution in [0.1, 0.15) is 77.6 Å². The van der Waals surface area contributed by atoms with Gasteiger partial charge in [-0.05, 0) is 18.6 Å². The van der Waals surface area contributed by atoms with Crippen LogP contribution in [-0.4, -0.2) is 16.8 Å². The first-order valence-electron chi connectivity index (χ1n) is 8.89. The van der Waals surface area contributed by atoms with Crippen molar-refractivity contribution in [1.82, 2.24) is 0 Å². The minimum Gasteiger partial charge on any atom is -0.504 e. The topological polar surface area (TPSA) is 49.7 Å². The van der Waals surface area contributed by atoms with E-state index in [2.05, 4.69) is 6.92 Å². The summed E-state index contributed by atoms with van der Waals surface area (Å²) in [5, 5.41) is 19.0. The predicted octanol–water partition coefficient (Wildman–Crippen LogP) is 5.79. The first-order chi connectivity index (χ1) is 10.8. The summed E-state index contributed by atoms with van der Waals surface area (Å²) in [6.45, 7) is 2.85. The van der Waals surface area contributed by atoms with Gasteiger partial charge in [0.25, 0.3) is 0 Å². The molecule has 0 amide bonds. The second-order valence-corrected chi connectivity index (χ2v) is 6.01. The summed E-state index contributed by atoms with van der Waals surface area (Å²) in [7, 11) is 0. The van der Waals surface area contributed by atoms with Gasteiger partial charge >= 0.3 is 0 Å². The van der Waals surface area contributed by atoms with E-state index in [9.17, 15) is 10.2 Å². The molecule has 0 aromatic heterocycles. The molecule has 22 heavy (non-hydrogen) atoms. The Hall–Kier alpha value is -1.38. The van der Waals surface area contributed by atoms with Crippen LogP contribution in [0.3, 0.4) is 0 Å². The van der Waals surface area contributed by atoms with Crippen LogP contribution < -0.4 is 4.74 Å². The summed E-state index contributed by atoms with van der Waals surface area (Å²) in [6, 6.07) is 4.79. The van der Waals surface area contributed by atoms with Gasteiger partial charge in [-0.1, -0.05) is 77.2 Å². The van der Waals surface area contributed by atoms with E-state index in [0.29, 0.717) is 12.4 Å². The quantitative estimate of drug-likeness (QED) is 0.358. The number of hydrogen-bond acceptors (Lipinski definition) is 3. The van der Waals surface area contributed by atoms with Crippen molar-refractivity contribution in [1.29, 1.82) is 0 Å². The third-order valence-corrected chi connectivity index (χ3v) is 3.98. The standard InChI is InChI=1S/C19H32O3/c1-2-3-4-5-6-7-8-9-10-11-12-16-22-18-15-13-14-17(20)19(18)21/h13-15,20-21H,2-12,16H2,1H3. The van der Waals surface area contributed by atoms with Gasteiger partial charge in [0.2, 0.25) is 5.75 Å². The van der Waals surface area contributed by atoms with Crippen LogP contribution in [0.4, 0.5) is 0 Å². The summed E-state index contributed by atoms with van der Waals surface area (Å²) in [5.41, 5.74) is 0. The van der Waals surface area contributed by atoms with Crippen molar-refractivity contribution in [3.63, 3.8) is 0 Å². The minimum absolute atomic E-state index is 0.128. The van der Waals surface area contributed by atoms with E-state index < -0.39 is 0 Å². The Labute approximate surface area is 135 Å². The number of ether oxygens (including phenoxy) is 1. The van der Waals surface area contributed by atoms with Crippen LogP contribution in [0, 0.1) is 0 Å². The van der Waals surface area contributed by atoms with E-state index in [-0.39, 0.29) is 11.5 Å². The van der Waals surface area contributed by atoms with E-state index in [1.165, 1.54) is 63.9 Å². The van der Waals surface area contributed by atoms with Crippen LogP contribution in [-0.2, 0) is 0 Å². The zero-order valence-electron chi connectivity index (χ0n) is 14.0. The molecule has 2 N–H and O–H groups in total. The van der Waals surface area contributed by atoms with Crippen molar-refractivity contribution in [3.8, 4) is 17.2 Å². The number of benzene rings is 1. The van der Waals surface area contributed by atoms with Gasteiger partial charge in [-0.25, -0.2) is 0 Å². The summed E-state index contributed by atoms with van der Waals surface area (Å²) in [5.74, 6) is 0.0779. The van der Waals surface area contributed by atoms with Gasteiger partial charge in [-0.3, -0.25) is 0 Å². The Kier molecular flexibility index (Phi) is 10.3. The number of hydrogen-bond donors (Lipinski definition) is 2. The van der Waals surface area contributed by atoms with Crippen LogP contribution >= 0.6 is 0 Å². The molecule has 1 aromatic carbocycles. The summed E-state index contributed by atoms with van der Waals surface area (Å²) >= 11 is 0. The molecule has 0 aliphatic rings. The van der Waals surface area contributed by atoms with Gasteiger partial charge in [0.05, 0.1) is 6.61 Å². The molecule has 0 heterocycles. The molecule has 0 saturated heterocycles. The van der Waals surface area contributed by atoms with Crippen molar-refractivity contribution >= 4 is 0 Å². The molecular weight excluding hydrogens is 276 g/mol. The van der Waals surface area contributed by atoms with Gasteiger partial charge in [0.1, 0.15) is 0 Å². The normalized spacial score (nSPS) is 10.8. The maximum absolute atomic E-state index is 9.60. The number of rotatable bonds is 13. The number of para-hydroxylation sites is 1. The van der Waals surface area contributed by atoms with Crippen molar-refractivity contribution in [2.45, 2.75) is 77.6 Å². The van der Waals surface area contributed by atoms with E-state index in [4.69, 9.17) is 4.74 Å². The Morgan fingerprint density at radius 3 is 1.91 bits per heavy atom. The number of phenolic OH excluding ortho intramolecular Hbond substituents is 2. The van der Waals surface area contributed by atoms with Gasteiger partial charge < -0.3 is 14.9 Å². The molecule has 0 fully saturated rings. The second kappa shape index (κ2) is 12.2. The van der Waals surface area contributed by atoms with Gasteiger partial charge in [0.15, 0.2) is 11.5 Å². The Morgan fingerprint density at radius 2 is 1.32 bits per heavy atom. The predicted molar refractivity (Wildman–Crippen MR) is 91.7 cm³/mol. The highest BCUT2D eigenvalue weighted by molar-refractivity contribution is 5.48. The molecule has 0 aliphatic heterocycles. The van der Waals surface area contributed by atoms with Crippen molar-refractivity contribution in [2.75, 3.05) is 6.61 Å². The van der Waals surface area contributed by atoms with Gasteiger partial charge in [0, 0.05) is 0 Å². The van der Waals surface area contributed by atoms with Gasteiger partial charge in [-0.2, -0.15) is 0 Å². The molecule has 0 unspecified atom stereocenters. The van der Waals surface area contributed by atoms with Crippen LogP contribution in [0.15, 0.2) is 18.2 Å². The second-order valence-electron chi connectivity index (χ2n) is 6.01. The lowest BCUT2D eigenvalue weighted by Crippen LogP contribution is -1.97. The van der Waals surface area contributed by atoms with E-state index >= 15 is 0 Å². The van der Waals surface area contributed by atoms with E-state index in [1.54, 1.807) is 12.1 Å². The van der Waals surface area contributed by atoms with E-state index in [1.807, 2.05) is 0 Å². The van der Waals surface area contributed by atoms with Crippen LogP contribution in [0.2, 0.25) is 0 Å². The smallest absolute Gasteiger partial charge is 0.200 e. The lowest BCUT2D eigenvalue weighted by molar-refractivity contribution is 0.283. The summed E-state index contributed by atoms with van der Waals surface area (Å²) in [4.78, 5) is 0. The highest BCUT2D eigenvalue weighted by atomic mass is 16.5. The third kappa shape index (κ3) is 8.16. The molecule has 0 radical (unpaired) electrons. The fourth-order valence-corrected chi connectivity index (χ4v) is 2.58. The largest absolute Gasteiger partial charge is 0.504 e. The molecule has 0 aliphatic carbocycles. The minimum atomic E-state index is -0.162. The molecule has 1 aromatic rings. The third-order valence-electron chi connectivity index (χ3n) is 3.98. The molecule has 126 valence electrons. The van der Waals surface area contributed by atoms with Crippen molar-refractivity contribution in [3.05, 3.63) is 18.2 Å². The Balaban J connectivity index is 1.90. The highest BCUT2D eigenvalue weighted by Gasteiger charge is 2.06. The Bertz CT molecular complexity index is 390. The monoisotopic (exact) mass is 308 g/mol. The highest BCUT2D eigenvalue weighted by Crippen LogP contribution is 2.34. The Morgan fingerprint density at radius 1 is 0.773 bits per heavy atom. The molecule has 3 nitrogen and oxygen atoms in total. The zero-order valence-corrected chi connectivity index (χ0v) is 14.0. The molecule has 0 atom stereocenters. The lowest BCUT2D eigenvalue weighted by atomic mass is 10.1. The molecule has 1 rings (SSSR count). The molecule has 3 heteroatoms. The first-order valence-corrected chi connectivity index (χ1v) is 8.89. The molecule has 0 bridgehead atoms. The zero-order chi connectivity index (χ0) is 16.0. The molecule has 0 spiro atoms. The van der Waals surface area contributed by atoms with Crippen LogP contribution in [0.25, 0.3) is 0 Å². The number of phenols is 2. The fraction of sp³-hybridized carbons (Fsp3) is 0.684. The lowest BCUT2D eigenvalue weighted by Gasteiger charge is -2.08.